The first kappa shape index (κ1) is 10.3. The molecule has 1 aromatic heterocycles. The molecule has 0 radical (unpaired) electrons. The number of thiophene rings is 1. The van der Waals surface area contributed by atoms with Crippen LogP contribution in [0.1, 0.15) is 31.2 Å². The zero-order chi connectivity index (χ0) is 11.2. The average molecular weight is 232 g/mol. The van der Waals surface area contributed by atoms with Crippen molar-refractivity contribution in [1.29, 1.82) is 5.26 Å². The molecule has 2 bridgehead atoms. The molecule has 3 heterocycles. The van der Waals surface area contributed by atoms with Gasteiger partial charge in [0.1, 0.15) is 0 Å². The Bertz CT molecular complexity index is 404. The van der Waals surface area contributed by atoms with Gasteiger partial charge in [-0.25, -0.2) is 0 Å². The van der Waals surface area contributed by atoms with Crippen LogP contribution in [0, 0.1) is 11.3 Å². The average Bonchev–Trinajstić information content (AvgIpc) is 2.88. The molecular weight excluding hydrogens is 216 g/mol. The number of hydrogen-bond acceptors (Lipinski definition) is 3. The molecule has 0 aliphatic carbocycles. The molecule has 16 heavy (non-hydrogen) atoms. The molecule has 2 unspecified atom stereocenters. The van der Waals surface area contributed by atoms with E-state index in [2.05, 4.69) is 34.8 Å². The van der Waals surface area contributed by atoms with Crippen LogP contribution in [0.15, 0.2) is 16.8 Å². The number of hydrogen-bond donors (Lipinski definition) is 0. The Morgan fingerprint density at radius 3 is 2.62 bits per heavy atom. The van der Waals surface area contributed by atoms with Crippen molar-refractivity contribution in [1.82, 2.24) is 4.90 Å². The molecule has 0 N–H and O–H groups in total. The summed E-state index contributed by atoms with van der Waals surface area (Å²) in [5.41, 5.74) is 1.06. The lowest BCUT2D eigenvalue weighted by Crippen LogP contribution is -2.46. The Labute approximate surface area is 100 Å². The quantitative estimate of drug-likeness (QED) is 0.744. The van der Waals surface area contributed by atoms with Crippen LogP contribution in [0.3, 0.4) is 0 Å². The van der Waals surface area contributed by atoms with Gasteiger partial charge in [-0.2, -0.15) is 16.6 Å². The van der Waals surface area contributed by atoms with Crippen molar-refractivity contribution >= 4 is 11.3 Å². The summed E-state index contributed by atoms with van der Waals surface area (Å²) in [7, 11) is 2.22. The summed E-state index contributed by atoms with van der Waals surface area (Å²) >= 11 is 1.71. The molecule has 0 aromatic carbocycles. The van der Waals surface area contributed by atoms with Crippen molar-refractivity contribution < 1.29 is 0 Å². The smallest absolute Gasteiger partial charge is 0.0860 e. The van der Waals surface area contributed by atoms with Crippen LogP contribution in [0.5, 0.6) is 0 Å². The zero-order valence-corrected chi connectivity index (χ0v) is 10.3. The van der Waals surface area contributed by atoms with Gasteiger partial charge >= 0.3 is 0 Å². The van der Waals surface area contributed by atoms with E-state index in [4.69, 9.17) is 0 Å². The Hall–Kier alpha value is -0.850. The molecule has 0 amide bonds. The van der Waals surface area contributed by atoms with E-state index in [1.54, 1.807) is 11.3 Å². The maximum Gasteiger partial charge on any atom is 0.0860 e. The first-order chi connectivity index (χ1) is 7.75. The minimum absolute atomic E-state index is 0.196. The third kappa shape index (κ3) is 1.33. The van der Waals surface area contributed by atoms with Crippen LogP contribution < -0.4 is 0 Å². The first-order valence-electron chi connectivity index (χ1n) is 5.91. The highest BCUT2D eigenvalue weighted by molar-refractivity contribution is 7.08. The van der Waals surface area contributed by atoms with E-state index in [1.807, 2.05) is 0 Å². The molecule has 3 heteroatoms. The number of nitrogens with zero attached hydrogens (tertiary/aromatic N) is 2. The maximum absolute atomic E-state index is 9.60. The SMILES string of the molecule is CN1C2CCC1CC(C#N)(c1ccsc1)C2. The summed E-state index contributed by atoms with van der Waals surface area (Å²) < 4.78 is 0. The van der Waals surface area contributed by atoms with Crippen molar-refractivity contribution in [2.75, 3.05) is 7.05 Å². The standard InChI is InChI=1S/C13H16N2S/c1-15-11-2-3-12(15)7-13(6-11,9-14)10-4-5-16-8-10/h4-5,8,11-12H,2-3,6-7H2,1H3. The van der Waals surface area contributed by atoms with Crippen LogP contribution >= 0.6 is 11.3 Å². The van der Waals surface area contributed by atoms with Gasteiger partial charge in [-0.15, -0.1) is 0 Å². The molecule has 0 saturated carbocycles. The summed E-state index contributed by atoms with van der Waals surface area (Å²) in [4.78, 5) is 2.49. The van der Waals surface area contributed by atoms with Crippen LogP contribution in [-0.2, 0) is 5.41 Å². The van der Waals surface area contributed by atoms with Crippen LogP contribution in [-0.4, -0.2) is 24.0 Å². The molecule has 2 fully saturated rings. The van der Waals surface area contributed by atoms with Gasteiger partial charge in [0.15, 0.2) is 0 Å². The topological polar surface area (TPSA) is 27.0 Å². The van der Waals surface area contributed by atoms with Crippen molar-refractivity contribution in [2.45, 2.75) is 43.2 Å². The maximum atomic E-state index is 9.60. The summed E-state index contributed by atoms with van der Waals surface area (Å²) in [5.74, 6) is 0. The van der Waals surface area contributed by atoms with Crippen molar-refractivity contribution in [3.63, 3.8) is 0 Å². The fraction of sp³-hybridized carbons (Fsp3) is 0.615. The first-order valence-corrected chi connectivity index (χ1v) is 6.85. The largest absolute Gasteiger partial charge is 0.300 e. The Morgan fingerprint density at radius 1 is 1.44 bits per heavy atom. The number of fused-ring (bicyclic) bond motifs is 2. The highest BCUT2D eigenvalue weighted by Gasteiger charge is 2.48. The second-order valence-corrected chi connectivity index (χ2v) is 5.94. The second-order valence-electron chi connectivity index (χ2n) is 5.16. The molecule has 2 aliphatic rings. The molecule has 0 spiro atoms. The van der Waals surface area contributed by atoms with E-state index in [-0.39, 0.29) is 5.41 Å². The fourth-order valence-electron chi connectivity index (χ4n) is 3.40. The van der Waals surface area contributed by atoms with E-state index < -0.39 is 0 Å². The summed E-state index contributed by atoms with van der Waals surface area (Å²) in [5, 5.41) is 13.9. The van der Waals surface area contributed by atoms with Gasteiger partial charge in [0.25, 0.3) is 0 Å². The van der Waals surface area contributed by atoms with Gasteiger partial charge in [-0.3, -0.25) is 0 Å². The Morgan fingerprint density at radius 2 is 2.12 bits per heavy atom. The second kappa shape index (κ2) is 3.58. The number of nitriles is 1. The van der Waals surface area contributed by atoms with Crippen molar-refractivity contribution in [2.24, 2.45) is 0 Å². The van der Waals surface area contributed by atoms with Crippen molar-refractivity contribution in [3.05, 3.63) is 22.4 Å². The van der Waals surface area contributed by atoms with Crippen LogP contribution in [0.2, 0.25) is 0 Å². The monoisotopic (exact) mass is 232 g/mol. The molecule has 2 atom stereocenters. The fourth-order valence-corrected chi connectivity index (χ4v) is 4.15. The predicted molar refractivity (Wildman–Crippen MR) is 65.4 cm³/mol. The van der Waals surface area contributed by atoms with Crippen molar-refractivity contribution in [3.8, 4) is 6.07 Å². The third-order valence-corrected chi connectivity index (χ3v) is 5.12. The molecule has 3 rings (SSSR count). The summed E-state index contributed by atoms with van der Waals surface area (Å²) in [6.45, 7) is 0. The molecule has 1 aromatic rings. The van der Waals surface area contributed by atoms with E-state index in [0.29, 0.717) is 12.1 Å². The number of piperidine rings is 1. The zero-order valence-electron chi connectivity index (χ0n) is 9.52. The lowest BCUT2D eigenvalue weighted by molar-refractivity contribution is 0.136. The van der Waals surface area contributed by atoms with E-state index >= 15 is 0 Å². The van der Waals surface area contributed by atoms with E-state index in [9.17, 15) is 5.26 Å². The van der Waals surface area contributed by atoms with Gasteiger partial charge in [-0.05, 0) is 55.1 Å². The molecule has 2 saturated heterocycles. The Kier molecular flexibility index (Phi) is 2.31. The van der Waals surface area contributed by atoms with Gasteiger partial charge in [0, 0.05) is 12.1 Å². The molecular formula is C13H16N2S. The van der Waals surface area contributed by atoms with Gasteiger partial charge < -0.3 is 4.90 Å². The highest BCUT2D eigenvalue weighted by Crippen LogP contribution is 2.46. The van der Waals surface area contributed by atoms with Crippen LogP contribution in [0.4, 0.5) is 0 Å². The third-order valence-electron chi connectivity index (χ3n) is 4.44. The van der Waals surface area contributed by atoms with E-state index in [0.717, 1.165) is 12.8 Å². The molecule has 2 nitrogen and oxygen atoms in total. The molecule has 84 valence electrons. The predicted octanol–water partition coefficient (Wildman–Crippen LogP) is 2.77. The minimum atomic E-state index is -0.196. The summed E-state index contributed by atoms with van der Waals surface area (Å²) in [6.07, 6.45) is 4.59. The number of rotatable bonds is 1. The van der Waals surface area contributed by atoms with Crippen LogP contribution in [0.25, 0.3) is 0 Å². The lowest BCUT2D eigenvalue weighted by Gasteiger charge is -2.41. The summed E-state index contributed by atoms with van der Waals surface area (Å²) in [6, 6.07) is 6.01. The normalized spacial score (nSPS) is 38.5. The lowest BCUT2D eigenvalue weighted by atomic mass is 9.72. The minimum Gasteiger partial charge on any atom is -0.300 e. The molecule has 2 aliphatic heterocycles. The highest BCUT2D eigenvalue weighted by atomic mass is 32.1. The van der Waals surface area contributed by atoms with Gasteiger partial charge in [-0.1, -0.05) is 0 Å². The van der Waals surface area contributed by atoms with Gasteiger partial charge in [0.05, 0.1) is 11.5 Å². The Balaban J connectivity index is 1.97. The van der Waals surface area contributed by atoms with E-state index in [1.165, 1.54) is 18.4 Å². The van der Waals surface area contributed by atoms with Gasteiger partial charge in [0.2, 0.25) is 0 Å².